The van der Waals surface area contributed by atoms with Crippen molar-refractivity contribution in [3.8, 4) is 0 Å². The first kappa shape index (κ1) is 11.4. The highest BCUT2D eigenvalue weighted by Crippen LogP contribution is 2.04. The van der Waals surface area contributed by atoms with Crippen LogP contribution in [0.2, 0.25) is 0 Å². The molecule has 0 spiro atoms. The minimum absolute atomic E-state index is 0.105. The van der Waals surface area contributed by atoms with E-state index in [2.05, 4.69) is 10.1 Å². The van der Waals surface area contributed by atoms with Crippen molar-refractivity contribution in [3.05, 3.63) is 16.6 Å². The average molecular weight is 228 g/mol. The highest BCUT2D eigenvalue weighted by Gasteiger charge is 2.13. The van der Waals surface area contributed by atoms with E-state index in [9.17, 15) is 4.79 Å². The second-order valence-electron chi connectivity index (χ2n) is 2.94. The Kier molecular flexibility index (Phi) is 4.04. The molecule has 6 nitrogen and oxygen atoms in total. The van der Waals surface area contributed by atoms with Crippen LogP contribution < -0.4 is 5.73 Å². The zero-order valence-electron chi connectivity index (χ0n) is 8.25. The Morgan fingerprint density at radius 3 is 3.07 bits per heavy atom. The van der Waals surface area contributed by atoms with Gasteiger partial charge in [0, 0.05) is 25.4 Å². The molecule has 1 aromatic heterocycles. The molecular weight excluding hydrogens is 216 g/mol. The predicted octanol–water partition coefficient (Wildman–Crippen LogP) is 0.352. The van der Waals surface area contributed by atoms with Crippen molar-refractivity contribution in [3.63, 3.8) is 0 Å². The number of amidine groups is 1. The summed E-state index contributed by atoms with van der Waals surface area (Å²) in [5.41, 5.74) is 7.31. The van der Waals surface area contributed by atoms with Crippen LogP contribution in [0.4, 0.5) is 0 Å². The van der Waals surface area contributed by atoms with Crippen molar-refractivity contribution >= 4 is 23.1 Å². The van der Waals surface area contributed by atoms with Crippen molar-refractivity contribution in [2.75, 3.05) is 13.6 Å². The van der Waals surface area contributed by atoms with Gasteiger partial charge in [-0.15, -0.1) is 11.3 Å². The summed E-state index contributed by atoms with van der Waals surface area (Å²) in [6, 6.07) is 0. The highest BCUT2D eigenvalue weighted by molar-refractivity contribution is 7.07. The second kappa shape index (κ2) is 5.30. The molecule has 3 N–H and O–H groups in total. The minimum Gasteiger partial charge on any atom is -0.409 e. The summed E-state index contributed by atoms with van der Waals surface area (Å²) in [6.45, 7) is 0.395. The van der Waals surface area contributed by atoms with E-state index in [1.807, 2.05) is 0 Å². The summed E-state index contributed by atoms with van der Waals surface area (Å²) in [5, 5.41) is 12.8. The first-order chi connectivity index (χ1) is 7.15. The van der Waals surface area contributed by atoms with Gasteiger partial charge in [-0.1, -0.05) is 5.16 Å². The summed E-state index contributed by atoms with van der Waals surface area (Å²) in [6.07, 6.45) is 0.336. The number of hydrogen-bond acceptors (Lipinski definition) is 5. The number of rotatable bonds is 4. The molecule has 0 saturated carbocycles. The van der Waals surface area contributed by atoms with Gasteiger partial charge >= 0.3 is 0 Å². The Bertz CT molecular complexity index is 350. The molecule has 0 aliphatic carbocycles. The number of carbonyl (C=O) groups excluding carboxylic acids is 1. The van der Waals surface area contributed by atoms with E-state index in [-0.39, 0.29) is 11.7 Å². The molecule has 0 saturated heterocycles. The molecule has 1 amide bonds. The summed E-state index contributed by atoms with van der Waals surface area (Å²) in [4.78, 5) is 17.0. The predicted molar refractivity (Wildman–Crippen MR) is 57.1 cm³/mol. The lowest BCUT2D eigenvalue weighted by molar-refractivity contribution is 0.0793. The van der Waals surface area contributed by atoms with Crippen molar-refractivity contribution in [2.24, 2.45) is 10.9 Å². The first-order valence-electron chi connectivity index (χ1n) is 4.25. The van der Waals surface area contributed by atoms with Gasteiger partial charge in [-0.05, 0) is 0 Å². The average Bonchev–Trinajstić information content (AvgIpc) is 2.77. The molecule has 0 aromatic carbocycles. The minimum atomic E-state index is -0.165. The van der Waals surface area contributed by atoms with Crippen LogP contribution in [0.1, 0.15) is 16.9 Å². The summed E-state index contributed by atoms with van der Waals surface area (Å²) >= 11 is 1.37. The quantitative estimate of drug-likeness (QED) is 0.336. The molecule has 1 rings (SSSR count). The fourth-order valence-corrected chi connectivity index (χ4v) is 1.47. The number of hydrogen-bond donors (Lipinski definition) is 2. The normalized spacial score (nSPS) is 11.4. The smallest absolute Gasteiger partial charge is 0.273 e. The third-order valence-corrected chi connectivity index (χ3v) is 2.42. The number of nitrogens with two attached hydrogens (primary N) is 1. The van der Waals surface area contributed by atoms with Gasteiger partial charge in [-0.2, -0.15) is 0 Å². The third kappa shape index (κ3) is 3.21. The Labute approximate surface area is 91.0 Å². The van der Waals surface area contributed by atoms with Crippen LogP contribution in [0.3, 0.4) is 0 Å². The lowest BCUT2D eigenvalue weighted by Gasteiger charge is -2.14. The number of carbonyl (C=O) groups is 1. The zero-order chi connectivity index (χ0) is 11.3. The summed E-state index contributed by atoms with van der Waals surface area (Å²) in [5.74, 6) is -0.0603. The van der Waals surface area contributed by atoms with Gasteiger partial charge in [-0.3, -0.25) is 4.79 Å². The molecule has 1 aromatic rings. The number of amides is 1. The molecule has 0 aliphatic heterocycles. The van der Waals surface area contributed by atoms with Crippen LogP contribution in [0.5, 0.6) is 0 Å². The van der Waals surface area contributed by atoms with Crippen molar-refractivity contribution in [1.82, 2.24) is 9.88 Å². The maximum atomic E-state index is 11.6. The standard InChI is InChI=1S/C8H12N4O2S/c1-12(3-2-7(9)11-14)8(13)6-4-15-5-10-6/h4-5,14H,2-3H2,1H3,(H2,9,11). The fourth-order valence-electron chi connectivity index (χ4n) is 0.947. The van der Waals surface area contributed by atoms with Crippen LogP contribution >= 0.6 is 11.3 Å². The Morgan fingerprint density at radius 2 is 2.53 bits per heavy atom. The number of thiazole rings is 1. The molecule has 0 fully saturated rings. The SMILES string of the molecule is CN(CCC(N)=NO)C(=O)c1cscn1. The summed E-state index contributed by atoms with van der Waals surface area (Å²) < 4.78 is 0. The Balaban J connectivity index is 2.48. The van der Waals surface area contributed by atoms with E-state index in [4.69, 9.17) is 10.9 Å². The van der Waals surface area contributed by atoms with Crippen molar-refractivity contribution in [2.45, 2.75) is 6.42 Å². The molecule has 15 heavy (non-hydrogen) atoms. The molecule has 7 heteroatoms. The molecule has 0 bridgehead atoms. The molecular formula is C8H12N4O2S. The van der Waals surface area contributed by atoms with E-state index in [1.165, 1.54) is 16.2 Å². The van der Waals surface area contributed by atoms with E-state index in [1.54, 1.807) is 17.9 Å². The summed E-state index contributed by atoms with van der Waals surface area (Å²) in [7, 11) is 1.65. The zero-order valence-corrected chi connectivity index (χ0v) is 9.07. The maximum Gasteiger partial charge on any atom is 0.273 e. The lowest BCUT2D eigenvalue weighted by atomic mass is 10.3. The number of nitrogens with zero attached hydrogens (tertiary/aromatic N) is 3. The monoisotopic (exact) mass is 228 g/mol. The molecule has 82 valence electrons. The largest absolute Gasteiger partial charge is 0.409 e. The lowest BCUT2D eigenvalue weighted by Crippen LogP contribution is -2.30. The van der Waals surface area contributed by atoms with Crippen LogP contribution in [-0.2, 0) is 0 Å². The van der Waals surface area contributed by atoms with E-state index in [0.29, 0.717) is 18.7 Å². The molecule has 0 aliphatic rings. The highest BCUT2D eigenvalue weighted by atomic mass is 32.1. The van der Waals surface area contributed by atoms with Crippen LogP contribution in [0.15, 0.2) is 16.0 Å². The van der Waals surface area contributed by atoms with Crippen LogP contribution in [0.25, 0.3) is 0 Å². The van der Waals surface area contributed by atoms with Crippen LogP contribution in [-0.4, -0.2) is 40.4 Å². The second-order valence-corrected chi connectivity index (χ2v) is 3.66. The van der Waals surface area contributed by atoms with Gasteiger partial charge in [-0.25, -0.2) is 4.98 Å². The maximum absolute atomic E-state index is 11.6. The third-order valence-electron chi connectivity index (χ3n) is 1.83. The molecule has 0 unspecified atom stereocenters. The van der Waals surface area contributed by atoms with E-state index in [0.717, 1.165) is 0 Å². The molecule has 0 atom stereocenters. The fraction of sp³-hybridized carbons (Fsp3) is 0.375. The van der Waals surface area contributed by atoms with Gasteiger partial charge in [0.2, 0.25) is 0 Å². The topological polar surface area (TPSA) is 91.8 Å². The molecule has 0 radical (unpaired) electrons. The van der Waals surface area contributed by atoms with Crippen molar-refractivity contribution < 1.29 is 10.0 Å². The van der Waals surface area contributed by atoms with Crippen LogP contribution in [0, 0.1) is 0 Å². The Hall–Kier alpha value is -1.63. The van der Waals surface area contributed by atoms with E-state index >= 15 is 0 Å². The molecule has 1 heterocycles. The van der Waals surface area contributed by atoms with Crippen molar-refractivity contribution in [1.29, 1.82) is 0 Å². The van der Waals surface area contributed by atoms with E-state index < -0.39 is 0 Å². The van der Waals surface area contributed by atoms with Gasteiger partial charge in [0.25, 0.3) is 5.91 Å². The van der Waals surface area contributed by atoms with Gasteiger partial charge in [0.1, 0.15) is 11.5 Å². The van der Waals surface area contributed by atoms with Gasteiger partial charge in [0.05, 0.1) is 5.51 Å². The van der Waals surface area contributed by atoms with Gasteiger partial charge in [0.15, 0.2) is 0 Å². The number of oxime groups is 1. The first-order valence-corrected chi connectivity index (χ1v) is 5.19. The van der Waals surface area contributed by atoms with Gasteiger partial charge < -0.3 is 15.8 Å². The Morgan fingerprint density at radius 1 is 1.80 bits per heavy atom. The number of aromatic nitrogens is 1.